The first-order valence-corrected chi connectivity index (χ1v) is 10.9. The van der Waals surface area contributed by atoms with E-state index in [4.69, 9.17) is 0 Å². The largest absolute Gasteiger partial charge is 0.368 e. The number of benzene rings is 2. The second-order valence-electron chi connectivity index (χ2n) is 8.04. The van der Waals surface area contributed by atoms with Crippen LogP contribution in [-0.2, 0) is 17.9 Å². The van der Waals surface area contributed by atoms with Crippen LogP contribution < -0.4 is 10.2 Å². The van der Waals surface area contributed by atoms with Crippen molar-refractivity contribution in [3.8, 4) is 0 Å². The predicted octanol–water partition coefficient (Wildman–Crippen LogP) is 3.46. The van der Waals surface area contributed by atoms with Crippen molar-refractivity contribution in [2.75, 3.05) is 44.7 Å². The van der Waals surface area contributed by atoms with Crippen molar-refractivity contribution in [2.45, 2.75) is 25.9 Å². The van der Waals surface area contributed by atoms with Crippen LogP contribution in [0.1, 0.15) is 24.0 Å². The molecule has 32 heavy (non-hydrogen) atoms. The summed E-state index contributed by atoms with van der Waals surface area (Å²) in [6, 6.07) is 15.0. The number of amides is 1. The van der Waals surface area contributed by atoms with Gasteiger partial charge in [-0.25, -0.2) is 4.39 Å². The van der Waals surface area contributed by atoms with E-state index in [1.807, 2.05) is 36.2 Å². The topological polar surface area (TPSA) is 51.2 Å². The molecule has 2 aliphatic heterocycles. The van der Waals surface area contributed by atoms with Gasteiger partial charge < -0.3 is 20.0 Å². The van der Waals surface area contributed by atoms with Gasteiger partial charge in [0.05, 0.1) is 0 Å². The summed E-state index contributed by atoms with van der Waals surface area (Å²) in [6.45, 7) is 5.61. The maximum Gasteiger partial charge on any atom is 0.222 e. The highest BCUT2D eigenvalue weighted by Crippen LogP contribution is 2.19. The molecule has 1 amide bonds. The van der Waals surface area contributed by atoms with Crippen molar-refractivity contribution in [3.63, 3.8) is 0 Å². The summed E-state index contributed by atoms with van der Waals surface area (Å²) in [7, 11) is 1.81. The van der Waals surface area contributed by atoms with Crippen molar-refractivity contribution in [1.29, 1.82) is 0 Å². The van der Waals surface area contributed by atoms with Gasteiger partial charge in [0, 0.05) is 65.0 Å². The van der Waals surface area contributed by atoms with Gasteiger partial charge in [0.25, 0.3) is 0 Å². The van der Waals surface area contributed by atoms with Crippen LogP contribution in [0.5, 0.6) is 0 Å². The Balaban J connectivity index is 0.00000289. The quantitative estimate of drug-likeness (QED) is 0.352. The summed E-state index contributed by atoms with van der Waals surface area (Å²) in [6.07, 6.45) is 1.62. The third-order valence-corrected chi connectivity index (χ3v) is 6.07. The summed E-state index contributed by atoms with van der Waals surface area (Å²) in [4.78, 5) is 23.0. The molecule has 0 radical (unpaired) electrons. The van der Waals surface area contributed by atoms with Gasteiger partial charge in [0.2, 0.25) is 5.91 Å². The second kappa shape index (κ2) is 11.5. The Labute approximate surface area is 206 Å². The lowest BCUT2D eigenvalue weighted by Crippen LogP contribution is -2.52. The third-order valence-electron chi connectivity index (χ3n) is 6.07. The molecule has 2 saturated heterocycles. The van der Waals surface area contributed by atoms with Crippen molar-refractivity contribution >= 4 is 41.5 Å². The van der Waals surface area contributed by atoms with Gasteiger partial charge in [0.1, 0.15) is 5.82 Å². The van der Waals surface area contributed by atoms with Crippen molar-refractivity contribution in [2.24, 2.45) is 4.99 Å². The van der Waals surface area contributed by atoms with Crippen LogP contribution in [0.4, 0.5) is 10.1 Å². The van der Waals surface area contributed by atoms with E-state index in [2.05, 4.69) is 32.2 Å². The molecular weight excluding hydrogens is 520 g/mol. The van der Waals surface area contributed by atoms with E-state index in [-0.39, 0.29) is 35.7 Å². The molecule has 6 nitrogen and oxygen atoms in total. The average Bonchev–Trinajstić information content (AvgIpc) is 3.20. The molecule has 0 atom stereocenters. The maximum atomic E-state index is 13.2. The Morgan fingerprint density at radius 3 is 2.31 bits per heavy atom. The normalized spacial score (nSPS) is 16.9. The molecule has 2 heterocycles. The lowest BCUT2D eigenvalue weighted by molar-refractivity contribution is -0.128. The molecule has 0 spiro atoms. The van der Waals surface area contributed by atoms with Crippen LogP contribution in [-0.4, -0.2) is 61.4 Å². The number of hydrogen-bond donors (Lipinski definition) is 1. The van der Waals surface area contributed by atoms with E-state index >= 15 is 0 Å². The van der Waals surface area contributed by atoms with E-state index < -0.39 is 0 Å². The highest BCUT2D eigenvalue weighted by Gasteiger charge is 2.22. The molecular formula is C24H31FIN5O. The number of anilines is 1. The zero-order valence-corrected chi connectivity index (χ0v) is 20.8. The Kier molecular flexibility index (Phi) is 8.72. The molecule has 2 aromatic carbocycles. The Hall–Kier alpha value is -2.36. The number of halogens is 2. The van der Waals surface area contributed by atoms with Crippen molar-refractivity contribution in [1.82, 2.24) is 15.1 Å². The first-order chi connectivity index (χ1) is 15.1. The number of aliphatic imine (C=N–C) groups is 1. The molecule has 0 aromatic heterocycles. The Bertz CT molecular complexity index is 928. The van der Waals surface area contributed by atoms with Crippen molar-refractivity contribution < 1.29 is 9.18 Å². The highest BCUT2D eigenvalue weighted by atomic mass is 127. The van der Waals surface area contributed by atoms with E-state index in [0.717, 1.165) is 50.8 Å². The van der Waals surface area contributed by atoms with E-state index in [1.165, 1.54) is 23.3 Å². The number of likely N-dealkylation sites (tertiary alicyclic amines) is 1. The molecule has 8 heteroatoms. The van der Waals surface area contributed by atoms with Crippen LogP contribution in [0.3, 0.4) is 0 Å². The lowest BCUT2D eigenvalue weighted by Gasteiger charge is -2.37. The number of carbonyl (C=O) groups is 1. The maximum absolute atomic E-state index is 13.2. The van der Waals surface area contributed by atoms with Crippen molar-refractivity contribution in [3.05, 3.63) is 65.5 Å². The first kappa shape index (κ1) is 24.3. The second-order valence-corrected chi connectivity index (χ2v) is 8.04. The smallest absolute Gasteiger partial charge is 0.222 e. The fraction of sp³-hybridized carbons (Fsp3) is 0.417. The summed E-state index contributed by atoms with van der Waals surface area (Å²) >= 11 is 0. The number of rotatable bonds is 5. The lowest BCUT2D eigenvalue weighted by atomic mass is 10.1. The number of nitrogens with zero attached hydrogens (tertiary/aromatic N) is 4. The summed E-state index contributed by atoms with van der Waals surface area (Å²) in [5, 5.41) is 3.50. The highest BCUT2D eigenvalue weighted by molar-refractivity contribution is 14.0. The van der Waals surface area contributed by atoms with Crippen LogP contribution in [0.15, 0.2) is 53.5 Å². The zero-order valence-electron chi connectivity index (χ0n) is 18.5. The third kappa shape index (κ3) is 5.90. The molecule has 2 aromatic rings. The molecule has 172 valence electrons. The monoisotopic (exact) mass is 551 g/mol. The zero-order chi connectivity index (χ0) is 21.6. The molecule has 2 aliphatic rings. The van der Waals surface area contributed by atoms with Crippen LogP contribution >= 0.6 is 24.0 Å². The Morgan fingerprint density at radius 2 is 1.69 bits per heavy atom. The molecule has 0 saturated carbocycles. The first-order valence-electron chi connectivity index (χ1n) is 10.9. The van der Waals surface area contributed by atoms with Gasteiger partial charge in [-0.1, -0.05) is 24.3 Å². The molecule has 0 bridgehead atoms. The number of piperazine rings is 1. The standard InChI is InChI=1S/C24H30FN5O.HI/c1-26-24(29-15-13-28(14-16-29)22-10-8-21(25)9-11-22)27-17-19-5-2-3-6-20(19)18-30-12-4-7-23(30)31;/h2-3,5-6,8-11H,4,7,12-18H2,1H3,(H,26,27);1H. The van der Waals surface area contributed by atoms with Crippen LogP contribution in [0.2, 0.25) is 0 Å². The number of hydrogen-bond acceptors (Lipinski definition) is 3. The fourth-order valence-corrected chi connectivity index (χ4v) is 4.30. The van der Waals surface area contributed by atoms with Gasteiger partial charge in [0.15, 0.2) is 5.96 Å². The molecule has 4 rings (SSSR count). The van der Waals surface area contributed by atoms with E-state index in [0.29, 0.717) is 19.5 Å². The predicted molar refractivity (Wildman–Crippen MR) is 137 cm³/mol. The van der Waals surface area contributed by atoms with Gasteiger partial charge in [-0.3, -0.25) is 9.79 Å². The minimum absolute atomic E-state index is 0. The number of guanidine groups is 1. The van der Waals surface area contributed by atoms with E-state index in [9.17, 15) is 9.18 Å². The summed E-state index contributed by atoms with van der Waals surface area (Å²) in [5.74, 6) is 0.921. The minimum atomic E-state index is -0.207. The minimum Gasteiger partial charge on any atom is -0.368 e. The van der Waals surface area contributed by atoms with Crippen LogP contribution in [0.25, 0.3) is 0 Å². The van der Waals surface area contributed by atoms with Gasteiger partial charge in [-0.05, 0) is 41.8 Å². The summed E-state index contributed by atoms with van der Waals surface area (Å²) < 4.78 is 13.2. The SMILES string of the molecule is CN=C(NCc1ccccc1CN1CCCC1=O)N1CCN(c2ccc(F)cc2)CC1.I. The number of carbonyl (C=O) groups excluding carboxylic acids is 1. The molecule has 1 N–H and O–H groups in total. The van der Waals surface area contributed by atoms with Gasteiger partial charge in [-0.15, -0.1) is 24.0 Å². The molecule has 2 fully saturated rings. The molecule has 0 unspecified atom stereocenters. The fourth-order valence-electron chi connectivity index (χ4n) is 4.30. The van der Waals surface area contributed by atoms with Gasteiger partial charge in [-0.2, -0.15) is 0 Å². The number of nitrogens with one attached hydrogen (secondary N) is 1. The average molecular weight is 551 g/mol. The molecule has 0 aliphatic carbocycles. The summed E-state index contributed by atoms with van der Waals surface area (Å²) in [5.41, 5.74) is 3.42. The Morgan fingerprint density at radius 1 is 1.00 bits per heavy atom. The van der Waals surface area contributed by atoms with Gasteiger partial charge >= 0.3 is 0 Å². The van der Waals surface area contributed by atoms with E-state index in [1.54, 1.807) is 0 Å². The van der Waals surface area contributed by atoms with Crippen LogP contribution in [0, 0.1) is 5.82 Å².